The van der Waals surface area contributed by atoms with Crippen molar-refractivity contribution in [3.8, 4) is 0 Å². The fourth-order valence-electron chi connectivity index (χ4n) is 3.71. The van der Waals surface area contributed by atoms with Crippen LogP contribution in [0.5, 0.6) is 0 Å². The minimum absolute atomic E-state index is 0. The monoisotopic (exact) mass is 521 g/mol. The molecule has 4 rings (SSSR count). The molecule has 2 amide bonds. The summed E-state index contributed by atoms with van der Waals surface area (Å²) in [6.45, 7) is 3.08. The van der Waals surface area contributed by atoms with E-state index in [-0.39, 0.29) is 24.2 Å². The third-order valence-corrected chi connectivity index (χ3v) is 5.78. The Morgan fingerprint density at radius 1 is 1.22 bits per heavy atom. The van der Waals surface area contributed by atoms with E-state index in [4.69, 9.17) is 0 Å². The number of carbonyl (C=O) groups excluding carboxylic acids is 2. The number of carbonyl (C=O) groups is 2. The molecule has 0 saturated carbocycles. The minimum Gasteiger partial charge on any atom is -0.366 e. The number of halogens is 2. The van der Waals surface area contributed by atoms with Gasteiger partial charge in [-0.3, -0.25) is 14.6 Å². The molecule has 0 unspecified atom stereocenters. The number of hydrogen-bond acceptors (Lipinski definition) is 6. The summed E-state index contributed by atoms with van der Waals surface area (Å²) in [5.41, 5.74) is 2.77. The number of H-pyrrole nitrogens is 1. The van der Waals surface area contributed by atoms with Crippen molar-refractivity contribution in [3.63, 3.8) is 0 Å². The van der Waals surface area contributed by atoms with Crippen LogP contribution in [0.2, 0.25) is 0 Å². The Morgan fingerprint density at radius 3 is 2.62 bits per heavy atom. The van der Waals surface area contributed by atoms with E-state index in [1.54, 1.807) is 30.7 Å². The highest BCUT2D eigenvalue weighted by Gasteiger charge is 2.26. The molecule has 1 saturated heterocycles. The smallest absolute Gasteiger partial charge is 0.257 e. The van der Waals surface area contributed by atoms with Gasteiger partial charge in [0.05, 0.1) is 33.3 Å². The normalized spacial score (nSPS) is 13.9. The molecule has 0 aliphatic carbocycles. The van der Waals surface area contributed by atoms with Crippen LogP contribution in [0.3, 0.4) is 0 Å². The maximum atomic E-state index is 12.7. The van der Waals surface area contributed by atoms with Gasteiger partial charge in [0, 0.05) is 51.0 Å². The zero-order valence-corrected chi connectivity index (χ0v) is 20.2. The number of pyridine rings is 2. The summed E-state index contributed by atoms with van der Waals surface area (Å²) in [4.78, 5) is 42.7. The second-order valence-corrected chi connectivity index (χ2v) is 8.54. The van der Waals surface area contributed by atoms with Crippen molar-refractivity contribution in [2.45, 2.75) is 0 Å². The predicted molar refractivity (Wildman–Crippen MR) is 131 cm³/mol. The number of fused-ring (bicyclic) bond motifs is 1. The zero-order valence-electron chi connectivity index (χ0n) is 17.8. The Hall–Kier alpha value is -2.69. The van der Waals surface area contributed by atoms with Crippen molar-refractivity contribution < 1.29 is 9.59 Å². The topological polar surface area (TPSA) is 97.5 Å². The van der Waals surface area contributed by atoms with Gasteiger partial charge in [-0.2, -0.15) is 0 Å². The summed E-state index contributed by atoms with van der Waals surface area (Å²) in [5.74, 6) is -0.103. The van der Waals surface area contributed by atoms with Gasteiger partial charge in [-0.25, -0.2) is 4.98 Å². The molecular formula is C21H25BrClN7O2. The van der Waals surface area contributed by atoms with Crippen LogP contribution >= 0.6 is 28.3 Å². The highest BCUT2D eigenvalue weighted by Crippen LogP contribution is 2.38. The van der Waals surface area contributed by atoms with Gasteiger partial charge in [-0.1, -0.05) is 0 Å². The van der Waals surface area contributed by atoms with E-state index >= 15 is 0 Å². The lowest BCUT2D eigenvalue weighted by molar-refractivity contribution is -0.132. The lowest BCUT2D eigenvalue weighted by atomic mass is 10.2. The number of anilines is 2. The highest BCUT2D eigenvalue weighted by molar-refractivity contribution is 9.10. The molecule has 9 nitrogen and oxygen atoms in total. The van der Waals surface area contributed by atoms with Crippen LogP contribution in [0.4, 0.5) is 11.4 Å². The molecule has 11 heteroatoms. The summed E-state index contributed by atoms with van der Waals surface area (Å²) in [5, 5.41) is 3.80. The maximum absolute atomic E-state index is 12.7. The molecule has 32 heavy (non-hydrogen) atoms. The number of nitrogens with zero attached hydrogens (tertiary/aromatic N) is 5. The number of aromatic amines is 1. The molecule has 0 spiro atoms. The zero-order chi connectivity index (χ0) is 22.0. The van der Waals surface area contributed by atoms with E-state index < -0.39 is 0 Å². The van der Waals surface area contributed by atoms with Crippen LogP contribution < -0.4 is 10.2 Å². The first-order valence-electron chi connectivity index (χ1n) is 9.98. The number of amides is 2. The van der Waals surface area contributed by atoms with Crippen LogP contribution in [0.15, 0.2) is 41.4 Å². The molecule has 3 aromatic heterocycles. The molecule has 1 aliphatic heterocycles. The Morgan fingerprint density at radius 2 is 1.97 bits per heavy atom. The number of piperazine rings is 1. The van der Waals surface area contributed by atoms with Gasteiger partial charge < -0.3 is 25.0 Å². The van der Waals surface area contributed by atoms with E-state index in [1.165, 1.54) is 6.20 Å². The molecular weight excluding hydrogens is 498 g/mol. The third kappa shape index (κ3) is 5.03. The van der Waals surface area contributed by atoms with Gasteiger partial charge in [-0.15, -0.1) is 12.4 Å². The van der Waals surface area contributed by atoms with Crippen LogP contribution in [0.25, 0.3) is 11.0 Å². The molecule has 1 aliphatic rings. The average Bonchev–Trinajstić information content (AvgIpc) is 3.16. The van der Waals surface area contributed by atoms with Crippen LogP contribution in [-0.4, -0.2) is 83.4 Å². The Balaban J connectivity index is 0.00000289. The molecule has 0 bridgehead atoms. The van der Waals surface area contributed by atoms with E-state index in [0.29, 0.717) is 49.6 Å². The van der Waals surface area contributed by atoms with Crippen LogP contribution in [0.1, 0.15) is 10.4 Å². The van der Waals surface area contributed by atoms with Crippen LogP contribution in [-0.2, 0) is 4.79 Å². The van der Waals surface area contributed by atoms with Crippen molar-refractivity contribution in [1.82, 2.24) is 24.8 Å². The molecule has 4 heterocycles. The first kappa shape index (κ1) is 24.0. The summed E-state index contributed by atoms with van der Waals surface area (Å²) in [7, 11) is 3.79. The van der Waals surface area contributed by atoms with Crippen molar-refractivity contribution in [3.05, 3.63) is 47.0 Å². The fourth-order valence-corrected chi connectivity index (χ4v) is 4.26. The number of likely N-dealkylation sites (N-methyl/N-ethyl adjacent to an activating group) is 1. The first-order valence-corrected chi connectivity index (χ1v) is 10.8. The van der Waals surface area contributed by atoms with E-state index in [2.05, 4.69) is 41.1 Å². The van der Waals surface area contributed by atoms with Crippen molar-refractivity contribution in [2.24, 2.45) is 0 Å². The van der Waals surface area contributed by atoms with E-state index in [1.807, 2.05) is 23.9 Å². The van der Waals surface area contributed by atoms with Crippen molar-refractivity contribution >= 4 is 62.6 Å². The molecule has 2 N–H and O–H groups in total. The molecule has 1 fully saturated rings. The minimum atomic E-state index is -0.237. The second kappa shape index (κ2) is 10.3. The van der Waals surface area contributed by atoms with Gasteiger partial charge in [0.1, 0.15) is 5.65 Å². The summed E-state index contributed by atoms with van der Waals surface area (Å²) in [6.07, 6.45) is 6.66. The summed E-state index contributed by atoms with van der Waals surface area (Å²) in [6, 6.07) is 3.45. The van der Waals surface area contributed by atoms with Crippen LogP contribution in [0, 0.1) is 0 Å². The molecule has 0 aromatic carbocycles. The lowest BCUT2D eigenvalue weighted by Gasteiger charge is -2.37. The average molecular weight is 523 g/mol. The van der Waals surface area contributed by atoms with Gasteiger partial charge in [-0.05, 0) is 42.2 Å². The standard InChI is InChI=1S/C21H24BrN7O2.ClH/c1-27(2)13-17(30)28-6-8-29(9-7-28)19-15(22)11-24-20-18(19)16(12-25-20)26-21(31)14-4-3-5-23-10-14;/h3-5,10-12H,6-9,13H2,1-2H3,(H,24,25)(H,26,31);1H. The summed E-state index contributed by atoms with van der Waals surface area (Å²) >= 11 is 3.63. The molecule has 0 atom stereocenters. The van der Waals surface area contributed by atoms with E-state index in [0.717, 1.165) is 15.5 Å². The maximum Gasteiger partial charge on any atom is 0.257 e. The largest absolute Gasteiger partial charge is 0.366 e. The van der Waals surface area contributed by atoms with Crippen molar-refractivity contribution in [2.75, 3.05) is 57.0 Å². The molecule has 3 aromatic rings. The quantitative estimate of drug-likeness (QED) is 0.535. The SMILES string of the molecule is CN(C)CC(=O)N1CCN(c2c(Br)cnc3[nH]cc(NC(=O)c4cccnc4)c23)CC1.Cl. The van der Waals surface area contributed by atoms with Gasteiger partial charge in [0.25, 0.3) is 5.91 Å². The predicted octanol–water partition coefficient (Wildman–Crippen LogP) is 2.60. The van der Waals surface area contributed by atoms with Gasteiger partial charge >= 0.3 is 0 Å². The number of nitrogens with one attached hydrogen (secondary N) is 2. The van der Waals surface area contributed by atoms with Crippen molar-refractivity contribution in [1.29, 1.82) is 0 Å². The van der Waals surface area contributed by atoms with Gasteiger partial charge in [0.2, 0.25) is 5.91 Å². The number of rotatable bonds is 5. The number of hydrogen-bond donors (Lipinski definition) is 2. The first-order chi connectivity index (χ1) is 14.9. The highest BCUT2D eigenvalue weighted by atomic mass is 79.9. The summed E-state index contributed by atoms with van der Waals surface area (Å²) < 4.78 is 0.838. The molecule has 170 valence electrons. The fraction of sp³-hybridized carbons (Fsp3) is 0.333. The van der Waals surface area contributed by atoms with E-state index in [9.17, 15) is 9.59 Å². The second-order valence-electron chi connectivity index (χ2n) is 7.68. The molecule has 0 radical (unpaired) electrons. The Bertz CT molecular complexity index is 1100. The Labute approximate surface area is 200 Å². The Kier molecular flexibility index (Phi) is 7.70. The number of aromatic nitrogens is 3. The third-order valence-electron chi connectivity index (χ3n) is 5.20. The van der Waals surface area contributed by atoms with Gasteiger partial charge in [0.15, 0.2) is 0 Å². The lowest BCUT2D eigenvalue weighted by Crippen LogP contribution is -2.50.